The zero-order chi connectivity index (χ0) is 14.8. The van der Waals surface area contributed by atoms with Crippen LogP contribution in [0.1, 0.15) is 0 Å². The molecule has 0 saturated carbocycles. The quantitative estimate of drug-likeness (QED) is 0.592. The SMILES string of the molecule is NNc1ccncc1S(=O)(=O)Nc1ccc(Cl)c(F)c1. The van der Waals surface area contributed by atoms with Gasteiger partial charge in [-0.25, -0.2) is 12.8 Å². The summed E-state index contributed by atoms with van der Waals surface area (Å²) in [5, 5.41) is -0.0985. The molecule has 1 aromatic carbocycles. The number of hydrazine groups is 1. The molecule has 0 amide bonds. The number of pyridine rings is 1. The van der Waals surface area contributed by atoms with Crippen LogP contribution < -0.4 is 16.0 Å². The normalized spacial score (nSPS) is 11.2. The third-order valence-electron chi connectivity index (χ3n) is 2.40. The fraction of sp³-hybridized carbons (Fsp3) is 0. The van der Waals surface area contributed by atoms with Gasteiger partial charge in [-0.15, -0.1) is 0 Å². The van der Waals surface area contributed by atoms with Gasteiger partial charge in [0.15, 0.2) is 0 Å². The molecule has 20 heavy (non-hydrogen) atoms. The molecule has 4 N–H and O–H groups in total. The lowest BCUT2D eigenvalue weighted by atomic mass is 10.3. The highest BCUT2D eigenvalue weighted by Crippen LogP contribution is 2.24. The van der Waals surface area contributed by atoms with Crippen LogP contribution in [0, 0.1) is 5.82 Å². The maximum Gasteiger partial charge on any atom is 0.265 e. The van der Waals surface area contributed by atoms with Gasteiger partial charge in [0.05, 0.1) is 16.4 Å². The fourth-order valence-electron chi connectivity index (χ4n) is 1.48. The van der Waals surface area contributed by atoms with Crippen LogP contribution in [0.4, 0.5) is 15.8 Å². The predicted octanol–water partition coefficient (Wildman–Crippen LogP) is 1.96. The van der Waals surface area contributed by atoms with Crippen LogP contribution in [-0.4, -0.2) is 13.4 Å². The third kappa shape index (κ3) is 2.98. The molecule has 0 saturated heterocycles. The van der Waals surface area contributed by atoms with Gasteiger partial charge in [0.25, 0.3) is 10.0 Å². The monoisotopic (exact) mass is 316 g/mol. The minimum Gasteiger partial charge on any atom is -0.323 e. The number of hydrogen-bond donors (Lipinski definition) is 3. The van der Waals surface area contributed by atoms with E-state index in [1.165, 1.54) is 24.4 Å². The Kier molecular flexibility index (Phi) is 4.07. The molecule has 0 aliphatic heterocycles. The first-order valence-electron chi connectivity index (χ1n) is 5.32. The summed E-state index contributed by atoms with van der Waals surface area (Å²) in [7, 11) is -3.95. The predicted molar refractivity (Wildman–Crippen MR) is 74.3 cm³/mol. The molecule has 0 unspecified atom stereocenters. The number of nitrogen functional groups attached to an aromatic ring is 1. The van der Waals surface area contributed by atoms with E-state index in [1.54, 1.807) is 0 Å². The number of rotatable bonds is 4. The Hall–Kier alpha value is -1.90. The zero-order valence-corrected chi connectivity index (χ0v) is 11.5. The first-order valence-corrected chi connectivity index (χ1v) is 7.18. The van der Waals surface area contributed by atoms with E-state index in [2.05, 4.69) is 15.1 Å². The maximum absolute atomic E-state index is 13.3. The van der Waals surface area contributed by atoms with Crippen LogP contribution in [0.15, 0.2) is 41.6 Å². The highest BCUT2D eigenvalue weighted by Gasteiger charge is 2.19. The second-order valence-electron chi connectivity index (χ2n) is 3.75. The molecule has 0 aliphatic carbocycles. The van der Waals surface area contributed by atoms with Crippen molar-refractivity contribution in [1.29, 1.82) is 0 Å². The molecule has 0 fully saturated rings. The van der Waals surface area contributed by atoms with Gasteiger partial charge < -0.3 is 5.43 Å². The summed E-state index contributed by atoms with van der Waals surface area (Å²) in [5.74, 6) is 4.51. The molecule has 2 rings (SSSR count). The summed E-state index contributed by atoms with van der Waals surface area (Å²) in [6, 6.07) is 4.97. The van der Waals surface area contributed by atoms with Crippen molar-refractivity contribution in [3.05, 3.63) is 47.5 Å². The Morgan fingerprint density at radius 1 is 1.30 bits per heavy atom. The summed E-state index contributed by atoms with van der Waals surface area (Å²) in [6.07, 6.45) is 2.51. The number of hydrogen-bond acceptors (Lipinski definition) is 5. The second-order valence-corrected chi connectivity index (χ2v) is 5.81. The van der Waals surface area contributed by atoms with Gasteiger partial charge in [-0.1, -0.05) is 11.6 Å². The summed E-state index contributed by atoms with van der Waals surface area (Å²) >= 11 is 5.53. The Labute approximate surface area is 119 Å². The number of nitrogens with zero attached hydrogens (tertiary/aromatic N) is 1. The number of anilines is 2. The van der Waals surface area contributed by atoms with Crippen molar-refractivity contribution in [2.75, 3.05) is 10.1 Å². The van der Waals surface area contributed by atoms with Gasteiger partial charge in [0.1, 0.15) is 10.7 Å². The Morgan fingerprint density at radius 2 is 2.05 bits per heavy atom. The van der Waals surface area contributed by atoms with E-state index in [0.29, 0.717) is 0 Å². The standard InChI is InChI=1S/C11H10ClFN4O2S/c12-8-2-1-7(5-9(8)13)17-20(18,19)11-6-15-4-3-10(11)16-14/h1-6,17H,14H2,(H,15,16). The van der Waals surface area contributed by atoms with E-state index in [4.69, 9.17) is 17.4 Å². The van der Waals surface area contributed by atoms with Crippen LogP contribution in [0.5, 0.6) is 0 Å². The summed E-state index contributed by atoms with van der Waals surface area (Å²) in [6.45, 7) is 0. The van der Waals surface area contributed by atoms with Crippen LogP contribution in [-0.2, 0) is 10.0 Å². The van der Waals surface area contributed by atoms with Crippen LogP contribution in [0.2, 0.25) is 5.02 Å². The summed E-state index contributed by atoms with van der Waals surface area (Å²) in [4.78, 5) is 3.57. The van der Waals surface area contributed by atoms with E-state index < -0.39 is 15.8 Å². The molecule has 0 aliphatic rings. The highest BCUT2D eigenvalue weighted by atomic mass is 35.5. The molecule has 6 nitrogen and oxygen atoms in total. The van der Waals surface area contributed by atoms with Crippen molar-refractivity contribution in [3.63, 3.8) is 0 Å². The molecule has 2 aromatic rings. The van der Waals surface area contributed by atoms with Crippen molar-refractivity contribution in [2.45, 2.75) is 4.90 Å². The molecule has 1 aromatic heterocycles. The van der Waals surface area contributed by atoms with Crippen molar-refractivity contribution >= 4 is 33.0 Å². The molecule has 0 atom stereocenters. The van der Waals surface area contributed by atoms with Gasteiger partial charge in [-0.3, -0.25) is 15.5 Å². The van der Waals surface area contributed by atoms with Crippen molar-refractivity contribution in [2.24, 2.45) is 5.84 Å². The Balaban J connectivity index is 2.38. The average molecular weight is 317 g/mol. The minimum atomic E-state index is -3.95. The van der Waals surface area contributed by atoms with E-state index in [1.807, 2.05) is 0 Å². The number of halogens is 2. The zero-order valence-electron chi connectivity index (χ0n) is 9.97. The van der Waals surface area contributed by atoms with Crippen LogP contribution in [0.3, 0.4) is 0 Å². The van der Waals surface area contributed by atoms with Gasteiger partial charge >= 0.3 is 0 Å². The minimum absolute atomic E-state index is 0.0405. The number of benzene rings is 1. The summed E-state index contributed by atoms with van der Waals surface area (Å²) in [5.41, 5.74) is 2.46. The van der Waals surface area contributed by atoms with E-state index >= 15 is 0 Å². The Bertz CT molecular complexity index is 739. The first-order chi connectivity index (χ1) is 9.44. The van der Waals surface area contributed by atoms with Crippen LogP contribution >= 0.6 is 11.6 Å². The van der Waals surface area contributed by atoms with Gasteiger partial charge in [-0.05, 0) is 24.3 Å². The number of nitrogens with one attached hydrogen (secondary N) is 2. The Morgan fingerprint density at radius 3 is 2.70 bits per heavy atom. The van der Waals surface area contributed by atoms with Gasteiger partial charge in [0.2, 0.25) is 0 Å². The number of aromatic nitrogens is 1. The lowest BCUT2D eigenvalue weighted by Gasteiger charge is -2.11. The van der Waals surface area contributed by atoms with Crippen molar-refractivity contribution < 1.29 is 12.8 Å². The first kappa shape index (κ1) is 14.5. The van der Waals surface area contributed by atoms with Gasteiger partial charge in [-0.2, -0.15) is 0 Å². The fourth-order valence-corrected chi connectivity index (χ4v) is 2.76. The molecule has 0 spiro atoms. The molecule has 0 bridgehead atoms. The van der Waals surface area contributed by atoms with E-state index in [0.717, 1.165) is 12.3 Å². The molecule has 106 valence electrons. The van der Waals surface area contributed by atoms with E-state index in [-0.39, 0.29) is 21.3 Å². The van der Waals surface area contributed by atoms with Crippen molar-refractivity contribution in [3.8, 4) is 0 Å². The molecular formula is C11H10ClFN4O2S. The summed E-state index contributed by atoms with van der Waals surface area (Å²) < 4.78 is 39.9. The smallest absolute Gasteiger partial charge is 0.265 e. The topological polar surface area (TPSA) is 97.1 Å². The average Bonchev–Trinajstić information content (AvgIpc) is 2.42. The largest absolute Gasteiger partial charge is 0.323 e. The lowest BCUT2D eigenvalue weighted by molar-refractivity contribution is 0.601. The lowest BCUT2D eigenvalue weighted by Crippen LogP contribution is -2.17. The van der Waals surface area contributed by atoms with E-state index in [9.17, 15) is 12.8 Å². The van der Waals surface area contributed by atoms with Crippen LogP contribution in [0.25, 0.3) is 0 Å². The number of nitrogens with two attached hydrogens (primary N) is 1. The highest BCUT2D eigenvalue weighted by molar-refractivity contribution is 7.92. The second kappa shape index (κ2) is 5.61. The molecular weight excluding hydrogens is 307 g/mol. The molecule has 9 heteroatoms. The number of sulfonamides is 1. The molecule has 0 radical (unpaired) electrons. The molecule has 1 heterocycles. The van der Waals surface area contributed by atoms with Gasteiger partial charge in [0, 0.05) is 12.4 Å². The third-order valence-corrected chi connectivity index (χ3v) is 4.12. The maximum atomic E-state index is 13.3. The van der Waals surface area contributed by atoms with Crippen molar-refractivity contribution in [1.82, 2.24) is 4.98 Å².